The molecular weight excluding hydrogens is 436 g/mol. The number of aliphatic carboxylic acids is 1. The summed E-state index contributed by atoms with van der Waals surface area (Å²) < 4.78 is 21.5. The highest BCUT2D eigenvalue weighted by Crippen LogP contribution is 2.33. The molecule has 14 heteroatoms. The van der Waals surface area contributed by atoms with Crippen molar-refractivity contribution in [3.8, 4) is 0 Å². The van der Waals surface area contributed by atoms with Crippen LogP contribution >= 0.6 is 0 Å². The molecule has 14 nitrogen and oxygen atoms in total. The molecule has 2 saturated heterocycles. The fourth-order valence-electron chi connectivity index (χ4n) is 3.51. The van der Waals surface area contributed by atoms with Gasteiger partial charge in [0, 0.05) is 6.42 Å². The Morgan fingerprint density at radius 2 is 1.88 bits per heavy atom. The summed E-state index contributed by atoms with van der Waals surface area (Å²) in [5, 5.41) is 69.4. The maximum absolute atomic E-state index is 12.0. The van der Waals surface area contributed by atoms with Crippen LogP contribution in [0.2, 0.25) is 0 Å². The average Bonchev–Trinajstić information content (AvgIpc) is 2.77. The maximum Gasteiger partial charge on any atom is 0.364 e. The Kier molecular flexibility index (Phi) is 9.47. The summed E-state index contributed by atoms with van der Waals surface area (Å²) in [6.07, 6.45) is -11.5. The van der Waals surface area contributed by atoms with Crippen molar-refractivity contribution in [3.63, 3.8) is 0 Å². The minimum atomic E-state index is -2.55. The Morgan fingerprint density at radius 3 is 2.44 bits per heavy atom. The van der Waals surface area contributed by atoms with Gasteiger partial charge >= 0.3 is 5.97 Å². The highest BCUT2D eigenvalue weighted by Gasteiger charge is 2.55. The standard InChI is InChI=1S/C18H32N2O12/c1-2-3-29-16-11(20)14(26)13(25)9(31-16)6-30-18(17(27)28)4-7(22)10(19)15(32-18)12(24)8(23)5-21/h2,7-16,21-26H,1,3-6,19-20H2,(H,27,28)/t7-,8-,9?,10-,11?,12-,13+,14-,15?,16+,18-/m1/s1. The van der Waals surface area contributed by atoms with Crippen molar-refractivity contribution >= 4 is 5.97 Å². The van der Waals surface area contributed by atoms with E-state index >= 15 is 0 Å². The highest BCUT2D eigenvalue weighted by atomic mass is 16.7. The van der Waals surface area contributed by atoms with Gasteiger partial charge in [-0.05, 0) is 0 Å². The smallest absolute Gasteiger partial charge is 0.364 e. The molecule has 2 aliphatic rings. The summed E-state index contributed by atoms with van der Waals surface area (Å²) in [6, 6.07) is -2.42. The molecule has 0 spiro atoms. The average molecular weight is 468 g/mol. The molecule has 11 N–H and O–H groups in total. The van der Waals surface area contributed by atoms with Crippen molar-refractivity contribution in [3.05, 3.63) is 12.7 Å². The zero-order valence-corrected chi connectivity index (χ0v) is 17.2. The number of ether oxygens (including phenoxy) is 4. The third-order valence-electron chi connectivity index (χ3n) is 5.48. The molecular formula is C18H32N2O12. The second-order valence-electron chi connectivity index (χ2n) is 7.76. The molecule has 0 aliphatic carbocycles. The molecule has 2 aliphatic heterocycles. The van der Waals surface area contributed by atoms with E-state index in [1.807, 2.05) is 0 Å². The van der Waals surface area contributed by atoms with Crippen LogP contribution in [0, 0.1) is 0 Å². The minimum absolute atomic E-state index is 0.0216. The van der Waals surface area contributed by atoms with Gasteiger partial charge in [0.15, 0.2) is 6.29 Å². The van der Waals surface area contributed by atoms with Crippen molar-refractivity contribution in [1.29, 1.82) is 0 Å². The first kappa shape index (κ1) is 27.0. The molecule has 2 fully saturated rings. The lowest BCUT2D eigenvalue weighted by Gasteiger charge is -2.46. The van der Waals surface area contributed by atoms with Crippen LogP contribution in [0.3, 0.4) is 0 Å². The van der Waals surface area contributed by atoms with E-state index in [4.69, 9.17) is 35.5 Å². The third-order valence-corrected chi connectivity index (χ3v) is 5.48. The van der Waals surface area contributed by atoms with Gasteiger partial charge in [-0.2, -0.15) is 0 Å². The van der Waals surface area contributed by atoms with Crippen LogP contribution in [0.1, 0.15) is 6.42 Å². The largest absolute Gasteiger partial charge is 0.477 e. The molecule has 0 saturated carbocycles. The normalized spacial score (nSPS) is 42.2. The second kappa shape index (κ2) is 11.2. The Bertz CT molecular complexity index is 641. The summed E-state index contributed by atoms with van der Waals surface area (Å²) in [6.45, 7) is 1.96. The Hall–Kier alpha value is -1.27. The van der Waals surface area contributed by atoms with Gasteiger partial charge in [0.1, 0.15) is 36.6 Å². The summed E-state index contributed by atoms with van der Waals surface area (Å²) >= 11 is 0. The van der Waals surface area contributed by atoms with E-state index in [1.54, 1.807) is 0 Å². The van der Waals surface area contributed by atoms with Crippen molar-refractivity contribution in [2.24, 2.45) is 11.5 Å². The molecule has 0 aromatic carbocycles. The fourth-order valence-corrected chi connectivity index (χ4v) is 3.51. The number of carboxylic acids is 1. The Balaban J connectivity index is 2.19. The van der Waals surface area contributed by atoms with E-state index in [9.17, 15) is 35.4 Å². The van der Waals surface area contributed by atoms with Crippen LogP contribution in [-0.4, -0.2) is 128 Å². The van der Waals surface area contributed by atoms with E-state index in [0.717, 1.165) is 0 Å². The first-order valence-electron chi connectivity index (χ1n) is 9.94. The molecule has 11 atom stereocenters. The fraction of sp³-hybridized carbons (Fsp3) is 0.833. The molecule has 2 heterocycles. The lowest BCUT2D eigenvalue weighted by Crippen LogP contribution is -2.67. The monoisotopic (exact) mass is 468 g/mol. The Morgan fingerprint density at radius 1 is 1.22 bits per heavy atom. The molecule has 0 amide bonds. The zero-order valence-electron chi connectivity index (χ0n) is 17.2. The lowest BCUT2D eigenvalue weighted by molar-refractivity contribution is -0.328. The van der Waals surface area contributed by atoms with Crippen molar-refractivity contribution < 1.29 is 59.5 Å². The second-order valence-corrected chi connectivity index (χ2v) is 7.76. The molecule has 32 heavy (non-hydrogen) atoms. The van der Waals surface area contributed by atoms with Crippen molar-refractivity contribution in [2.75, 3.05) is 19.8 Å². The predicted molar refractivity (Wildman–Crippen MR) is 104 cm³/mol. The van der Waals surface area contributed by atoms with E-state index in [-0.39, 0.29) is 6.61 Å². The van der Waals surface area contributed by atoms with Crippen LogP contribution in [0.25, 0.3) is 0 Å². The zero-order chi connectivity index (χ0) is 24.2. The minimum Gasteiger partial charge on any atom is -0.477 e. The molecule has 2 rings (SSSR count). The van der Waals surface area contributed by atoms with Crippen LogP contribution in [0.15, 0.2) is 12.7 Å². The third kappa shape index (κ3) is 5.61. The lowest BCUT2D eigenvalue weighted by atomic mass is 9.89. The summed E-state index contributed by atoms with van der Waals surface area (Å²) in [5.74, 6) is -4.25. The van der Waals surface area contributed by atoms with Crippen LogP contribution in [0.4, 0.5) is 0 Å². The van der Waals surface area contributed by atoms with E-state index in [1.165, 1.54) is 6.08 Å². The number of aliphatic hydroxyl groups excluding tert-OH is 6. The number of carboxylic acid groups (broad SMARTS) is 1. The number of carbonyl (C=O) groups is 1. The van der Waals surface area contributed by atoms with Crippen LogP contribution in [0.5, 0.6) is 0 Å². The number of nitrogens with two attached hydrogens (primary N) is 2. The van der Waals surface area contributed by atoms with E-state index in [2.05, 4.69) is 6.58 Å². The summed E-state index contributed by atoms with van der Waals surface area (Å²) in [5.41, 5.74) is 11.6. The van der Waals surface area contributed by atoms with Crippen molar-refractivity contribution in [1.82, 2.24) is 0 Å². The SMILES string of the molecule is C=CCO[C@H]1OC(CO[C@]2(C(=O)O)C[C@@H](O)[C@@H](N)C([C@H](O)[C@H](O)CO)O2)[C@H](O)[C@H](O)C1N. The number of hydrogen-bond acceptors (Lipinski definition) is 13. The van der Waals surface area contributed by atoms with Gasteiger partial charge in [-0.15, -0.1) is 6.58 Å². The van der Waals surface area contributed by atoms with Gasteiger partial charge in [-0.25, -0.2) is 4.79 Å². The van der Waals surface area contributed by atoms with Crippen LogP contribution in [-0.2, 0) is 23.7 Å². The quantitative estimate of drug-likeness (QED) is 0.136. The molecule has 3 unspecified atom stereocenters. The van der Waals surface area contributed by atoms with Gasteiger partial charge in [-0.1, -0.05) is 6.08 Å². The van der Waals surface area contributed by atoms with E-state index < -0.39 is 92.5 Å². The van der Waals surface area contributed by atoms with Crippen LogP contribution < -0.4 is 11.5 Å². The summed E-state index contributed by atoms with van der Waals surface area (Å²) in [4.78, 5) is 12.0. The van der Waals surface area contributed by atoms with Gasteiger partial charge in [0.25, 0.3) is 5.79 Å². The topological polar surface area (TPSA) is 248 Å². The molecule has 0 aromatic rings. The molecule has 0 bridgehead atoms. The molecule has 0 radical (unpaired) electrons. The maximum atomic E-state index is 12.0. The summed E-state index contributed by atoms with van der Waals surface area (Å²) in [7, 11) is 0. The number of aliphatic hydroxyl groups is 6. The number of rotatable bonds is 10. The number of hydrogen-bond donors (Lipinski definition) is 9. The van der Waals surface area contributed by atoms with Gasteiger partial charge in [0.2, 0.25) is 0 Å². The highest BCUT2D eigenvalue weighted by molar-refractivity contribution is 5.76. The first-order chi connectivity index (χ1) is 15.0. The Labute approximate surface area is 183 Å². The van der Waals surface area contributed by atoms with Crippen molar-refractivity contribution in [2.45, 2.75) is 73.3 Å². The van der Waals surface area contributed by atoms with Gasteiger partial charge < -0.3 is 66.2 Å². The van der Waals surface area contributed by atoms with Gasteiger partial charge in [-0.3, -0.25) is 0 Å². The first-order valence-corrected chi connectivity index (χ1v) is 9.94. The molecule has 186 valence electrons. The van der Waals surface area contributed by atoms with E-state index in [0.29, 0.717) is 0 Å². The predicted octanol–water partition coefficient (Wildman–Crippen LogP) is -5.05. The van der Waals surface area contributed by atoms with Gasteiger partial charge in [0.05, 0.1) is 38.0 Å². The molecule has 0 aromatic heterocycles.